The topological polar surface area (TPSA) is 58.5 Å². The third kappa shape index (κ3) is 4.36. The van der Waals surface area contributed by atoms with Crippen molar-refractivity contribution in [3.05, 3.63) is 71.0 Å². The van der Waals surface area contributed by atoms with Gasteiger partial charge in [0.05, 0.1) is 35.2 Å². The number of aryl methyl sites for hydroxylation is 1. The molecule has 1 atom stereocenters. The Bertz CT molecular complexity index is 978. The molecule has 150 valence electrons. The second-order valence-electron chi connectivity index (χ2n) is 7.12. The van der Waals surface area contributed by atoms with Crippen LogP contribution >= 0.6 is 11.6 Å². The Morgan fingerprint density at radius 3 is 2.79 bits per heavy atom. The Hall–Kier alpha value is -2.63. The number of aromatic nitrogens is 2. The van der Waals surface area contributed by atoms with Gasteiger partial charge in [0.2, 0.25) is 5.88 Å². The van der Waals surface area contributed by atoms with E-state index in [1.807, 2.05) is 18.2 Å². The maximum Gasteiger partial charge on any atom is 0.213 e. The molecule has 1 N–H and O–H groups in total. The molecule has 6 heteroatoms. The van der Waals surface area contributed by atoms with Crippen LogP contribution in [0.5, 0.6) is 5.88 Å². The SMILES string of the molecule is CCc1ccccc1-c1ccc(N2CC[C@H](Oc3ccc(Cl)cn3)C2)c(CO)n1. The molecule has 3 aromatic rings. The average molecular weight is 410 g/mol. The van der Waals surface area contributed by atoms with Gasteiger partial charge in [-0.25, -0.2) is 9.97 Å². The first kappa shape index (κ1) is 19.7. The largest absolute Gasteiger partial charge is 0.472 e. The summed E-state index contributed by atoms with van der Waals surface area (Å²) in [6.07, 6.45) is 3.45. The van der Waals surface area contributed by atoms with Crippen molar-refractivity contribution in [2.45, 2.75) is 32.5 Å². The lowest BCUT2D eigenvalue weighted by Crippen LogP contribution is -2.26. The van der Waals surface area contributed by atoms with Crippen LogP contribution in [0.2, 0.25) is 5.02 Å². The summed E-state index contributed by atoms with van der Waals surface area (Å²) in [5.74, 6) is 0.577. The molecule has 1 aromatic carbocycles. The van der Waals surface area contributed by atoms with Gasteiger partial charge in [-0.1, -0.05) is 42.8 Å². The summed E-state index contributed by atoms with van der Waals surface area (Å²) in [6.45, 7) is 3.61. The zero-order valence-electron chi connectivity index (χ0n) is 16.4. The van der Waals surface area contributed by atoms with Crippen LogP contribution in [0.3, 0.4) is 0 Å². The molecule has 0 unspecified atom stereocenters. The van der Waals surface area contributed by atoms with E-state index in [2.05, 4.69) is 35.0 Å². The van der Waals surface area contributed by atoms with Crippen molar-refractivity contribution in [1.82, 2.24) is 9.97 Å². The summed E-state index contributed by atoms with van der Waals surface area (Å²) in [4.78, 5) is 11.2. The maximum absolute atomic E-state index is 9.96. The number of hydrogen-bond donors (Lipinski definition) is 1. The molecule has 5 nitrogen and oxygen atoms in total. The zero-order chi connectivity index (χ0) is 20.2. The molecule has 0 spiro atoms. The summed E-state index contributed by atoms with van der Waals surface area (Å²) in [7, 11) is 0. The number of aliphatic hydroxyl groups excluding tert-OH is 1. The van der Waals surface area contributed by atoms with Crippen LogP contribution in [0.4, 0.5) is 5.69 Å². The quantitative estimate of drug-likeness (QED) is 0.649. The number of benzene rings is 1. The Morgan fingerprint density at radius 2 is 2.03 bits per heavy atom. The van der Waals surface area contributed by atoms with E-state index in [9.17, 15) is 5.11 Å². The Balaban J connectivity index is 1.52. The number of aliphatic hydroxyl groups is 1. The van der Waals surface area contributed by atoms with E-state index in [1.54, 1.807) is 18.3 Å². The van der Waals surface area contributed by atoms with Crippen molar-refractivity contribution in [1.29, 1.82) is 0 Å². The number of pyridine rings is 2. The number of hydrogen-bond acceptors (Lipinski definition) is 5. The van der Waals surface area contributed by atoms with Gasteiger partial charge in [-0.2, -0.15) is 0 Å². The molecule has 1 aliphatic heterocycles. The van der Waals surface area contributed by atoms with E-state index in [-0.39, 0.29) is 12.7 Å². The highest BCUT2D eigenvalue weighted by Crippen LogP contribution is 2.30. The normalized spacial score (nSPS) is 16.2. The standard InChI is InChI=1S/C23H24ClN3O2/c1-2-16-5-3-4-6-19(16)20-8-9-22(21(15-28)26-20)27-12-11-18(14-27)29-23-10-7-17(24)13-25-23/h3-10,13,18,28H,2,11-12,14-15H2,1H3/t18-/m0/s1. The second-order valence-corrected chi connectivity index (χ2v) is 7.56. The number of anilines is 1. The van der Waals surface area contributed by atoms with Gasteiger partial charge in [0.25, 0.3) is 0 Å². The zero-order valence-corrected chi connectivity index (χ0v) is 17.1. The number of ether oxygens (including phenoxy) is 1. The van der Waals surface area contributed by atoms with E-state index in [1.165, 1.54) is 5.56 Å². The minimum atomic E-state index is -0.0990. The van der Waals surface area contributed by atoms with Crippen molar-refractivity contribution in [2.75, 3.05) is 18.0 Å². The fraction of sp³-hybridized carbons (Fsp3) is 0.304. The highest BCUT2D eigenvalue weighted by atomic mass is 35.5. The third-order valence-corrected chi connectivity index (χ3v) is 5.47. The molecule has 4 rings (SSSR count). The fourth-order valence-electron chi connectivity index (χ4n) is 3.77. The lowest BCUT2D eigenvalue weighted by atomic mass is 10.0. The van der Waals surface area contributed by atoms with Crippen molar-refractivity contribution in [3.63, 3.8) is 0 Å². The van der Waals surface area contributed by atoms with E-state index < -0.39 is 0 Å². The van der Waals surface area contributed by atoms with Crippen molar-refractivity contribution >= 4 is 17.3 Å². The molecule has 29 heavy (non-hydrogen) atoms. The van der Waals surface area contributed by atoms with E-state index in [0.717, 1.165) is 42.9 Å². The molecule has 0 amide bonds. The molecule has 0 radical (unpaired) electrons. The van der Waals surface area contributed by atoms with Gasteiger partial charge in [0.1, 0.15) is 6.10 Å². The highest BCUT2D eigenvalue weighted by Gasteiger charge is 2.26. The van der Waals surface area contributed by atoms with Crippen LogP contribution in [-0.4, -0.2) is 34.3 Å². The predicted octanol–water partition coefficient (Wildman–Crippen LogP) is 4.51. The van der Waals surface area contributed by atoms with Crippen LogP contribution in [0.25, 0.3) is 11.3 Å². The van der Waals surface area contributed by atoms with Gasteiger partial charge in [0.15, 0.2) is 0 Å². The van der Waals surface area contributed by atoms with Gasteiger partial charge >= 0.3 is 0 Å². The molecule has 1 fully saturated rings. The van der Waals surface area contributed by atoms with E-state index in [4.69, 9.17) is 21.3 Å². The Labute approximate surface area is 176 Å². The Morgan fingerprint density at radius 1 is 1.17 bits per heavy atom. The van der Waals surface area contributed by atoms with Crippen LogP contribution in [0, 0.1) is 0 Å². The minimum Gasteiger partial charge on any atom is -0.472 e. The summed E-state index contributed by atoms with van der Waals surface area (Å²) >= 11 is 5.88. The van der Waals surface area contributed by atoms with Gasteiger partial charge in [0, 0.05) is 30.8 Å². The molecule has 0 bridgehead atoms. The first-order chi connectivity index (χ1) is 14.2. The average Bonchev–Trinajstić information content (AvgIpc) is 3.23. The number of nitrogens with zero attached hydrogens (tertiary/aromatic N) is 3. The maximum atomic E-state index is 9.96. The first-order valence-electron chi connectivity index (χ1n) is 9.90. The monoisotopic (exact) mass is 409 g/mol. The van der Waals surface area contributed by atoms with Gasteiger partial charge in [-0.05, 0) is 30.2 Å². The summed E-state index contributed by atoms with van der Waals surface area (Å²) in [5.41, 5.74) is 4.92. The molecular formula is C23H24ClN3O2. The first-order valence-corrected chi connectivity index (χ1v) is 10.3. The van der Waals surface area contributed by atoms with Gasteiger partial charge in [-0.3, -0.25) is 0 Å². The molecule has 2 aromatic heterocycles. The van der Waals surface area contributed by atoms with Gasteiger partial charge < -0.3 is 14.7 Å². The minimum absolute atomic E-state index is 0.0377. The van der Waals surface area contributed by atoms with Crippen LogP contribution in [0.1, 0.15) is 24.6 Å². The van der Waals surface area contributed by atoms with Crippen LogP contribution < -0.4 is 9.64 Å². The van der Waals surface area contributed by atoms with Crippen LogP contribution in [0.15, 0.2) is 54.7 Å². The lowest BCUT2D eigenvalue weighted by Gasteiger charge is -2.22. The van der Waals surface area contributed by atoms with Gasteiger partial charge in [-0.15, -0.1) is 0 Å². The number of halogens is 1. The summed E-state index contributed by atoms with van der Waals surface area (Å²) in [6, 6.07) is 15.9. The lowest BCUT2D eigenvalue weighted by molar-refractivity contribution is 0.216. The highest BCUT2D eigenvalue weighted by molar-refractivity contribution is 6.30. The predicted molar refractivity (Wildman–Crippen MR) is 115 cm³/mol. The van der Waals surface area contributed by atoms with E-state index >= 15 is 0 Å². The second kappa shape index (κ2) is 8.80. The van der Waals surface area contributed by atoms with E-state index in [0.29, 0.717) is 16.6 Å². The molecule has 0 saturated carbocycles. The molecular weight excluding hydrogens is 386 g/mol. The molecule has 3 heterocycles. The van der Waals surface area contributed by atoms with Crippen molar-refractivity contribution in [3.8, 4) is 17.1 Å². The Kier molecular flexibility index (Phi) is 5.97. The smallest absolute Gasteiger partial charge is 0.213 e. The number of rotatable bonds is 6. The molecule has 0 aliphatic carbocycles. The van der Waals surface area contributed by atoms with Crippen LogP contribution in [-0.2, 0) is 13.0 Å². The summed E-state index contributed by atoms with van der Waals surface area (Å²) in [5, 5.41) is 10.6. The molecule has 1 saturated heterocycles. The third-order valence-electron chi connectivity index (χ3n) is 5.25. The van der Waals surface area contributed by atoms with Crippen molar-refractivity contribution in [2.24, 2.45) is 0 Å². The summed E-state index contributed by atoms with van der Waals surface area (Å²) < 4.78 is 5.98. The molecule has 1 aliphatic rings. The fourth-order valence-corrected chi connectivity index (χ4v) is 3.88. The van der Waals surface area contributed by atoms with Crippen molar-refractivity contribution < 1.29 is 9.84 Å².